The lowest BCUT2D eigenvalue weighted by Crippen LogP contribution is -1.76. The van der Waals surface area contributed by atoms with Crippen LogP contribution in [-0.4, -0.2) is 10.2 Å². The lowest BCUT2D eigenvalue weighted by Gasteiger charge is -1.77. The van der Waals surface area contributed by atoms with Gasteiger partial charge in [0, 0.05) is 0 Å². The Morgan fingerprint density at radius 1 is 1.60 bits per heavy atom. The Morgan fingerprint density at radius 3 is 1.80 bits per heavy atom. The van der Waals surface area contributed by atoms with E-state index >= 15 is 0 Å². The van der Waals surface area contributed by atoms with Crippen molar-refractivity contribution < 1.29 is 0 Å². The molecule has 1 heteroatoms. The molecule has 0 saturated heterocycles. The molecule has 0 fully saturated rings. The van der Waals surface area contributed by atoms with Gasteiger partial charge in [-0.05, 0) is 0 Å². The molecule has 0 unspecified atom stereocenters. The fourth-order valence-corrected chi connectivity index (χ4v) is 0. The van der Waals surface area contributed by atoms with E-state index < -0.39 is 0 Å². The first-order chi connectivity index (χ1) is 2.27. The molecule has 0 bridgehead atoms. The fourth-order valence-electron chi connectivity index (χ4n) is 0. The predicted octanol–water partition coefficient (Wildman–Crippen LogP) is 1.19. The van der Waals surface area contributed by atoms with Gasteiger partial charge in [-0.2, -0.15) is 0 Å². The Kier molecular flexibility index (Phi) is 2.37. The van der Waals surface area contributed by atoms with Gasteiger partial charge in [0.05, 0.1) is 36.1 Å². The van der Waals surface area contributed by atoms with Crippen LogP contribution in [0.15, 0.2) is 0 Å². The molecule has 0 aliphatic rings. The third-order valence-electron chi connectivity index (χ3n) is 0.354. The zero-order valence-electron chi connectivity index (χ0n) is 3.71. The first-order valence-corrected chi connectivity index (χ1v) is 2.41. The quantitative estimate of drug-likeness (QED) is 0.330. The molecule has 0 aromatic carbocycles. The van der Waals surface area contributed by atoms with E-state index in [1.165, 1.54) is 5.92 Å². The minimum atomic E-state index is 1.03. The van der Waals surface area contributed by atoms with E-state index in [1.807, 2.05) is 0 Å². The SMILES string of the molecule is C[C+](C)C[Si]. The average molecular weight is 84.2 g/mol. The van der Waals surface area contributed by atoms with Crippen molar-refractivity contribution in [2.45, 2.75) is 19.9 Å². The van der Waals surface area contributed by atoms with Crippen LogP contribution < -0.4 is 0 Å². The highest BCUT2D eigenvalue weighted by Crippen LogP contribution is 1.95. The van der Waals surface area contributed by atoms with Crippen molar-refractivity contribution in [1.82, 2.24) is 0 Å². The lowest BCUT2D eigenvalue weighted by molar-refractivity contribution is 1.10. The van der Waals surface area contributed by atoms with Crippen molar-refractivity contribution in [1.29, 1.82) is 0 Å². The first-order valence-electron chi connectivity index (χ1n) is 1.71. The summed E-state index contributed by atoms with van der Waals surface area (Å²) in [5.41, 5.74) is 0. The highest BCUT2D eigenvalue weighted by atomic mass is 28.1. The zero-order valence-corrected chi connectivity index (χ0v) is 4.71. The standard InChI is InChI=1S/C4H8Si/c1-4(2)3-5/h3H2,1-2H3/q+1. The van der Waals surface area contributed by atoms with Crippen molar-refractivity contribution in [3.8, 4) is 0 Å². The Labute approximate surface area is 37.0 Å². The molecule has 0 aromatic rings. The first kappa shape index (κ1) is 5.09. The molecule has 0 N–H and O–H groups in total. The summed E-state index contributed by atoms with van der Waals surface area (Å²) in [4.78, 5) is 0. The zero-order chi connectivity index (χ0) is 4.28. The molecular formula is C4H8Si+. The van der Waals surface area contributed by atoms with E-state index in [1.54, 1.807) is 0 Å². The van der Waals surface area contributed by atoms with Crippen LogP contribution in [0.1, 0.15) is 13.8 Å². The molecule has 27 valence electrons. The summed E-state index contributed by atoms with van der Waals surface area (Å²) in [5.74, 6) is 1.42. The molecule has 0 amide bonds. The third-order valence-corrected chi connectivity index (χ3v) is 1.06. The van der Waals surface area contributed by atoms with Gasteiger partial charge in [0.1, 0.15) is 0 Å². The summed E-state index contributed by atoms with van der Waals surface area (Å²) in [7, 11) is 3.32. The summed E-state index contributed by atoms with van der Waals surface area (Å²) < 4.78 is 0. The van der Waals surface area contributed by atoms with Gasteiger partial charge in [-0.25, -0.2) is 0 Å². The van der Waals surface area contributed by atoms with Gasteiger partial charge in [-0.15, -0.1) is 0 Å². The van der Waals surface area contributed by atoms with E-state index in [2.05, 4.69) is 24.1 Å². The van der Waals surface area contributed by atoms with Gasteiger partial charge in [0.15, 0.2) is 0 Å². The molecule has 0 atom stereocenters. The Morgan fingerprint density at radius 2 is 1.80 bits per heavy atom. The normalized spacial score (nSPS) is 7.80. The second-order valence-electron chi connectivity index (χ2n) is 1.38. The smallest absolute Gasteiger partial charge is 0.0697 e. The number of hydrogen-bond acceptors (Lipinski definition) is 0. The largest absolute Gasteiger partial charge is 0.0904 e. The second kappa shape index (κ2) is 2.33. The fraction of sp³-hybridized carbons (Fsp3) is 0.750. The van der Waals surface area contributed by atoms with Crippen molar-refractivity contribution >= 4 is 10.2 Å². The maximum atomic E-state index is 3.32. The van der Waals surface area contributed by atoms with Crippen molar-refractivity contribution in [3.05, 3.63) is 5.92 Å². The molecule has 0 aliphatic heterocycles. The van der Waals surface area contributed by atoms with Gasteiger partial charge in [-0.3, -0.25) is 0 Å². The summed E-state index contributed by atoms with van der Waals surface area (Å²) >= 11 is 0. The van der Waals surface area contributed by atoms with E-state index in [0.717, 1.165) is 6.04 Å². The highest BCUT2D eigenvalue weighted by Gasteiger charge is 1.93. The average Bonchev–Trinajstić information content (AvgIpc) is 1.38. The minimum Gasteiger partial charge on any atom is 0.0697 e. The van der Waals surface area contributed by atoms with Crippen molar-refractivity contribution in [3.63, 3.8) is 0 Å². The Balaban J connectivity index is 2.54. The van der Waals surface area contributed by atoms with E-state index in [-0.39, 0.29) is 0 Å². The predicted molar refractivity (Wildman–Crippen MR) is 25.2 cm³/mol. The van der Waals surface area contributed by atoms with E-state index in [4.69, 9.17) is 0 Å². The molecule has 0 saturated carbocycles. The van der Waals surface area contributed by atoms with Crippen LogP contribution in [0.4, 0.5) is 0 Å². The maximum absolute atomic E-state index is 3.32. The van der Waals surface area contributed by atoms with Gasteiger partial charge in [-0.1, -0.05) is 0 Å². The van der Waals surface area contributed by atoms with Crippen LogP contribution in [0, 0.1) is 5.92 Å². The molecule has 0 heterocycles. The third kappa shape index (κ3) is 4.09. The topological polar surface area (TPSA) is 0 Å². The molecule has 0 rings (SSSR count). The number of rotatable bonds is 1. The van der Waals surface area contributed by atoms with Gasteiger partial charge >= 0.3 is 0 Å². The summed E-state index contributed by atoms with van der Waals surface area (Å²) in [6.45, 7) is 4.18. The molecule has 5 heavy (non-hydrogen) atoms. The van der Waals surface area contributed by atoms with Crippen LogP contribution in [0.25, 0.3) is 0 Å². The van der Waals surface area contributed by atoms with E-state index in [9.17, 15) is 0 Å². The van der Waals surface area contributed by atoms with Crippen molar-refractivity contribution in [2.75, 3.05) is 0 Å². The molecule has 3 radical (unpaired) electrons. The van der Waals surface area contributed by atoms with Crippen LogP contribution in [0.2, 0.25) is 6.04 Å². The van der Waals surface area contributed by atoms with Gasteiger partial charge in [0.2, 0.25) is 0 Å². The van der Waals surface area contributed by atoms with Crippen molar-refractivity contribution in [2.24, 2.45) is 0 Å². The second-order valence-corrected chi connectivity index (χ2v) is 1.74. The van der Waals surface area contributed by atoms with Crippen LogP contribution in [-0.2, 0) is 0 Å². The molecule has 0 aliphatic carbocycles. The summed E-state index contributed by atoms with van der Waals surface area (Å²) in [6.07, 6.45) is 0. The molecule has 0 nitrogen and oxygen atoms in total. The minimum absolute atomic E-state index is 1.03. The summed E-state index contributed by atoms with van der Waals surface area (Å²) in [6, 6.07) is 1.03. The molecular weight excluding hydrogens is 76.1 g/mol. The van der Waals surface area contributed by atoms with E-state index in [0.29, 0.717) is 0 Å². The number of hydrogen-bond donors (Lipinski definition) is 0. The lowest BCUT2D eigenvalue weighted by atomic mass is 10.3. The monoisotopic (exact) mass is 84.0 g/mol. The Hall–Kier alpha value is 0.0869. The molecule has 0 aromatic heterocycles. The summed E-state index contributed by atoms with van der Waals surface area (Å²) in [5, 5.41) is 0. The van der Waals surface area contributed by atoms with Crippen LogP contribution >= 0.6 is 0 Å². The van der Waals surface area contributed by atoms with Crippen LogP contribution in [0.3, 0.4) is 0 Å². The highest BCUT2D eigenvalue weighted by molar-refractivity contribution is 6.09. The maximum Gasteiger partial charge on any atom is 0.0904 e. The van der Waals surface area contributed by atoms with Crippen LogP contribution in [0.5, 0.6) is 0 Å². The van der Waals surface area contributed by atoms with Gasteiger partial charge < -0.3 is 0 Å². The Bertz CT molecular complexity index is 17.6. The van der Waals surface area contributed by atoms with Gasteiger partial charge in [0.25, 0.3) is 0 Å². The molecule has 0 spiro atoms.